The predicted octanol–water partition coefficient (Wildman–Crippen LogP) is 5.83. The van der Waals surface area contributed by atoms with Gasteiger partial charge in [0.1, 0.15) is 6.61 Å². The van der Waals surface area contributed by atoms with Crippen molar-refractivity contribution < 1.29 is 9.53 Å². The number of aromatic nitrogens is 1. The lowest BCUT2D eigenvalue weighted by molar-refractivity contribution is 0.0868. The highest BCUT2D eigenvalue weighted by atomic mass is 16.6. The van der Waals surface area contributed by atoms with Crippen LogP contribution >= 0.6 is 0 Å². The first-order valence-corrected chi connectivity index (χ1v) is 10.7. The van der Waals surface area contributed by atoms with E-state index in [1.165, 1.54) is 11.1 Å². The van der Waals surface area contributed by atoms with Crippen molar-refractivity contribution in [3.05, 3.63) is 89.7 Å². The van der Waals surface area contributed by atoms with Crippen molar-refractivity contribution in [1.29, 1.82) is 0 Å². The van der Waals surface area contributed by atoms with E-state index < -0.39 is 0 Å². The Bertz CT molecular complexity index is 945. The average Bonchev–Trinajstić information content (AvgIpc) is 2.83. The predicted molar refractivity (Wildman–Crippen MR) is 119 cm³/mol. The number of aryl methyl sites for hydroxylation is 1. The molecule has 4 rings (SSSR count). The van der Waals surface area contributed by atoms with E-state index in [1.54, 1.807) is 0 Å². The Morgan fingerprint density at radius 2 is 1.63 bits per heavy atom. The molecule has 0 unspecified atom stereocenters. The Labute approximate surface area is 178 Å². The molecule has 4 heteroatoms. The standard InChI is InChI=1S/C26H28N2O2/c1-2-20-8-10-22(11-9-20)24-12-13-25(27-18-24)23-14-16-28(17-15-23)26(29)30-19-21-6-4-3-5-7-21/h3-13,18,23H,2,14-17,19H2,1H3. The summed E-state index contributed by atoms with van der Waals surface area (Å²) in [6.45, 7) is 3.90. The van der Waals surface area contributed by atoms with Crippen LogP contribution in [0.2, 0.25) is 0 Å². The van der Waals surface area contributed by atoms with Crippen LogP contribution in [-0.4, -0.2) is 29.1 Å². The molecule has 2 heterocycles. The van der Waals surface area contributed by atoms with E-state index in [9.17, 15) is 4.79 Å². The number of piperidine rings is 1. The van der Waals surface area contributed by atoms with Crippen LogP contribution in [0.5, 0.6) is 0 Å². The molecule has 1 amide bonds. The first-order chi connectivity index (χ1) is 14.7. The molecule has 0 aliphatic carbocycles. The van der Waals surface area contributed by atoms with E-state index in [0.29, 0.717) is 25.6 Å². The molecule has 1 fully saturated rings. The molecular weight excluding hydrogens is 372 g/mol. The van der Waals surface area contributed by atoms with Crippen LogP contribution in [0.15, 0.2) is 72.9 Å². The second-order valence-corrected chi connectivity index (χ2v) is 7.82. The molecule has 1 saturated heterocycles. The van der Waals surface area contributed by atoms with E-state index in [-0.39, 0.29) is 6.09 Å². The number of hydrogen-bond acceptors (Lipinski definition) is 3. The van der Waals surface area contributed by atoms with Crippen molar-refractivity contribution in [1.82, 2.24) is 9.88 Å². The highest BCUT2D eigenvalue weighted by Gasteiger charge is 2.25. The summed E-state index contributed by atoms with van der Waals surface area (Å²) in [4.78, 5) is 18.9. The third kappa shape index (κ3) is 4.88. The molecule has 2 aromatic carbocycles. The first-order valence-electron chi connectivity index (χ1n) is 10.7. The second-order valence-electron chi connectivity index (χ2n) is 7.82. The molecular formula is C26H28N2O2. The van der Waals surface area contributed by atoms with Crippen molar-refractivity contribution in [3.8, 4) is 11.1 Å². The Balaban J connectivity index is 1.29. The third-order valence-corrected chi connectivity index (χ3v) is 5.86. The van der Waals surface area contributed by atoms with Crippen molar-refractivity contribution in [3.63, 3.8) is 0 Å². The second kappa shape index (κ2) is 9.57. The number of carbonyl (C=O) groups is 1. The molecule has 3 aromatic rings. The van der Waals surface area contributed by atoms with Gasteiger partial charge in [-0.3, -0.25) is 4.98 Å². The lowest BCUT2D eigenvalue weighted by Crippen LogP contribution is -2.38. The fraction of sp³-hybridized carbons (Fsp3) is 0.308. The fourth-order valence-corrected chi connectivity index (χ4v) is 3.92. The summed E-state index contributed by atoms with van der Waals surface area (Å²) in [5.41, 5.74) is 5.80. The van der Waals surface area contributed by atoms with Gasteiger partial charge in [-0.2, -0.15) is 0 Å². The van der Waals surface area contributed by atoms with Gasteiger partial charge in [-0.05, 0) is 42.0 Å². The summed E-state index contributed by atoms with van der Waals surface area (Å²) in [5.74, 6) is 0.389. The zero-order valence-electron chi connectivity index (χ0n) is 17.5. The number of likely N-dealkylation sites (tertiary alicyclic amines) is 1. The maximum atomic E-state index is 12.3. The normalized spacial score (nSPS) is 14.5. The van der Waals surface area contributed by atoms with Crippen LogP contribution in [0.3, 0.4) is 0 Å². The highest BCUT2D eigenvalue weighted by Crippen LogP contribution is 2.28. The minimum absolute atomic E-state index is 0.226. The summed E-state index contributed by atoms with van der Waals surface area (Å²) >= 11 is 0. The number of hydrogen-bond donors (Lipinski definition) is 0. The monoisotopic (exact) mass is 400 g/mol. The summed E-state index contributed by atoms with van der Waals surface area (Å²) in [6.07, 6.45) is 4.62. The number of rotatable bonds is 5. The molecule has 0 radical (unpaired) electrons. The maximum Gasteiger partial charge on any atom is 0.410 e. The molecule has 0 N–H and O–H groups in total. The molecule has 154 valence electrons. The molecule has 1 aromatic heterocycles. The van der Waals surface area contributed by atoms with E-state index >= 15 is 0 Å². The quantitative estimate of drug-likeness (QED) is 0.541. The molecule has 0 bridgehead atoms. The van der Waals surface area contributed by atoms with E-state index in [1.807, 2.05) is 41.4 Å². The zero-order valence-corrected chi connectivity index (χ0v) is 17.5. The van der Waals surface area contributed by atoms with E-state index in [2.05, 4.69) is 43.3 Å². The van der Waals surface area contributed by atoms with Gasteiger partial charge in [-0.1, -0.05) is 67.6 Å². The fourth-order valence-electron chi connectivity index (χ4n) is 3.92. The van der Waals surface area contributed by atoms with Gasteiger partial charge in [0.15, 0.2) is 0 Å². The van der Waals surface area contributed by atoms with Crippen LogP contribution < -0.4 is 0 Å². The Kier molecular flexibility index (Phi) is 6.43. The zero-order chi connectivity index (χ0) is 20.8. The number of carbonyl (C=O) groups excluding carboxylic acids is 1. The summed E-state index contributed by atoms with van der Waals surface area (Å²) in [6, 6.07) is 22.8. The first kappa shape index (κ1) is 20.1. The number of nitrogens with zero attached hydrogens (tertiary/aromatic N) is 2. The Morgan fingerprint density at radius 3 is 2.27 bits per heavy atom. The number of amides is 1. The van der Waals surface area contributed by atoms with Crippen LogP contribution in [0.25, 0.3) is 11.1 Å². The van der Waals surface area contributed by atoms with Gasteiger partial charge in [0.25, 0.3) is 0 Å². The van der Waals surface area contributed by atoms with Gasteiger partial charge >= 0.3 is 6.09 Å². The van der Waals surface area contributed by atoms with Crippen molar-refractivity contribution in [2.45, 2.75) is 38.7 Å². The Hall–Kier alpha value is -3.14. The average molecular weight is 401 g/mol. The van der Waals surface area contributed by atoms with Gasteiger partial charge in [-0.15, -0.1) is 0 Å². The SMILES string of the molecule is CCc1ccc(-c2ccc(C3CCN(C(=O)OCc4ccccc4)CC3)nc2)cc1. The van der Waals surface area contributed by atoms with Crippen molar-refractivity contribution in [2.75, 3.05) is 13.1 Å². The molecule has 0 atom stereocenters. The van der Waals surface area contributed by atoms with Crippen LogP contribution in [0.4, 0.5) is 4.79 Å². The van der Waals surface area contributed by atoms with Crippen molar-refractivity contribution >= 4 is 6.09 Å². The molecule has 0 saturated carbocycles. The topological polar surface area (TPSA) is 42.4 Å². The number of pyridine rings is 1. The van der Waals surface area contributed by atoms with Gasteiger partial charge in [0.2, 0.25) is 0 Å². The molecule has 1 aliphatic rings. The van der Waals surface area contributed by atoms with E-state index in [4.69, 9.17) is 9.72 Å². The molecule has 4 nitrogen and oxygen atoms in total. The minimum Gasteiger partial charge on any atom is -0.445 e. The van der Waals surface area contributed by atoms with Gasteiger partial charge in [0.05, 0.1) is 0 Å². The third-order valence-electron chi connectivity index (χ3n) is 5.86. The summed E-state index contributed by atoms with van der Waals surface area (Å²) in [5, 5.41) is 0. The van der Waals surface area contributed by atoms with Crippen LogP contribution in [0.1, 0.15) is 42.5 Å². The minimum atomic E-state index is -0.226. The summed E-state index contributed by atoms with van der Waals surface area (Å²) in [7, 11) is 0. The molecule has 30 heavy (non-hydrogen) atoms. The largest absolute Gasteiger partial charge is 0.445 e. The lowest BCUT2D eigenvalue weighted by Gasteiger charge is -2.31. The van der Waals surface area contributed by atoms with Gasteiger partial charge < -0.3 is 9.64 Å². The van der Waals surface area contributed by atoms with E-state index in [0.717, 1.165) is 36.1 Å². The molecule has 1 aliphatic heterocycles. The van der Waals surface area contributed by atoms with Crippen LogP contribution in [-0.2, 0) is 17.8 Å². The summed E-state index contributed by atoms with van der Waals surface area (Å²) < 4.78 is 5.46. The number of benzene rings is 2. The Morgan fingerprint density at radius 1 is 0.933 bits per heavy atom. The van der Waals surface area contributed by atoms with Crippen molar-refractivity contribution in [2.24, 2.45) is 0 Å². The highest BCUT2D eigenvalue weighted by molar-refractivity contribution is 5.67. The van der Waals surface area contributed by atoms with Gasteiger partial charge in [0, 0.05) is 36.5 Å². The van der Waals surface area contributed by atoms with Crippen LogP contribution in [0, 0.1) is 0 Å². The van der Waals surface area contributed by atoms with Gasteiger partial charge in [-0.25, -0.2) is 4.79 Å². The smallest absolute Gasteiger partial charge is 0.410 e. The number of ether oxygens (including phenoxy) is 1. The molecule has 0 spiro atoms. The maximum absolute atomic E-state index is 12.3. The lowest BCUT2D eigenvalue weighted by atomic mass is 9.92.